The van der Waals surface area contributed by atoms with Crippen molar-refractivity contribution in [2.24, 2.45) is 0 Å². The minimum absolute atomic E-state index is 0.159. The third-order valence-electron chi connectivity index (χ3n) is 4.52. The fraction of sp³-hybridized carbons (Fsp3) is 0.389. The topological polar surface area (TPSA) is 90.9 Å². The molecule has 1 saturated heterocycles. The van der Waals surface area contributed by atoms with Gasteiger partial charge in [-0.15, -0.1) is 11.3 Å². The number of thiazole rings is 1. The van der Waals surface area contributed by atoms with Crippen molar-refractivity contribution in [2.75, 3.05) is 20.1 Å². The van der Waals surface area contributed by atoms with E-state index in [0.717, 1.165) is 20.1 Å². The monoisotopic (exact) mass is 388 g/mol. The Labute approximate surface area is 160 Å². The second-order valence-electron chi connectivity index (χ2n) is 6.33. The number of hydrogen-bond acceptors (Lipinski definition) is 6. The van der Waals surface area contributed by atoms with E-state index >= 15 is 0 Å². The standard InChI is InChI=1S/C18H20N4O4S/c1-4-9-21-16(24)17(25)22(18(21)26)10-14(23)20(3)11(2)15-19-12-7-5-6-8-13(12)27-15/h5-8,11H,4,9-10H2,1-3H3/t11-/m1/s1. The van der Waals surface area contributed by atoms with Gasteiger partial charge in [-0.05, 0) is 25.5 Å². The number of para-hydroxylation sites is 1. The normalized spacial score (nSPS) is 15.7. The number of nitrogens with zero attached hydrogens (tertiary/aromatic N) is 4. The van der Waals surface area contributed by atoms with E-state index in [1.807, 2.05) is 31.2 Å². The number of rotatable bonds is 6. The number of urea groups is 1. The predicted molar refractivity (Wildman–Crippen MR) is 99.9 cm³/mol. The molecule has 2 heterocycles. The van der Waals surface area contributed by atoms with Crippen LogP contribution in [0.1, 0.15) is 31.3 Å². The summed E-state index contributed by atoms with van der Waals surface area (Å²) in [6.07, 6.45) is 0.543. The van der Waals surface area contributed by atoms with Crippen LogP contribution in [-0.2, 0) is 14.4 Å². The molecule has 9 heteroatoms. The van der Waals surface area contributed by atoms with E-state index < -0.39 is 30.3 Å². The highest BCUT2D eigenvalue weighted by Crippen LogP contribution is 2.29. The summed E-state index contributed by atoms with van der Waals surface area (Å²) >= 11 is 1.49. The maximum Gasteiger partial charge on any atom is 0.334 e. The Morgan fingerprint density at radius 3 is 2.52 bits per heavy atom. The zero-order valence-electron chi connectivity index (χ0n) is 15.3. The van der Waals surface area contributed by atoms with Gasteiger partial charge in [-0.2, -0.15) is 0 Å². The molecule has 1 aromatic heterocycles. The van der Waals surface area contributed by atoms with Crippen LogP contribution in [0, 0.1) is 0 Å². The van der Waals surface area contributed by atoms with E-state index in [1.165, 1.54) is 16.2 Å². The van der Waals surface area contributed by atoms with E-state index in [0.29, 0.717) is 11.3 Å². The van der Waals surface area contributed by atoms with Gasteiger partial charge in [-0.1, -0.05) is 19.1 Å². The van der Waals surface area contributed by atoms with Gasteiger partial charge in [-0.3, -0.25) is 19.3 Å². The molecule has 0 unspecified atom stereocenters. The summed E-state index contributed by atoms with van der Waals surface area (Å²) in [6, 6.07) is 6.62. The first-order chi connectivity index (χ1) is 12.8. The number of imide groups is 2. The molecule has 3 rings (SSSR count). The van der Waals surface area contributed by atoms with Crippen molar-refractivity contribution in [1.29, 1.82) is 0 Å². The van der Waals surface area contributed by atoms with Crippen molar-refractivity contribution in [3.05, 3.63) is 29.3 Å². The Morgan fingerprint density at radius 2 is 1.85 bits per heavy atom. The van der Waals surface area contributed by atoms with Gasteiger partial charge in [-0.25, -0.2) is 14.7 Å². The Balaban J connectivity index is 1.72. The molecular weight excluding hydrogens is 368 g/mol. The number of fused-ring (bicyclic) bond motifs is 1. The lowest BCUT2D eigenvalue weighted by Gasteiger charge is -2.25. The highest BCUT2D eigenvalue weighted by Gasteiger charge is 2.45. The number of amides is 5. The van der Waals surface area contributed by atoms with E-state index in [9.17, 15) is 19.2 Å². The first kappa shape index (κ1) is 19.0. The van der Waals surface area contributed by atoms with Crippen molar-refractivity contribution >= 4 is 45.3 Å². The maximum atomic E-state index is 12.6. The van der Waals surface area contributed by atoms with Crippen LogP contribution < -0.4 is 0 Å². The number of hydrogen-bond donors (Lipinski definition) is 0. The molecular formula is C18H20N4O4S. The van der Waals surface area contributed by atoms with Gasteiger partial charge in [0.05, 0.1) is 16.3 Å². The lowest BCUT2D eigenvalue weighted by Crippen LogP contribution is -2.43. The summed E-state index contributed by atoms with van der Waals surface area (Å²) in [7, 11) is 1.59. The molecule has 27 heavy (non-hydrogen) atoms. The quantitative estimate of drug-likeness (QED) is 0.558. The maximum absolute atomic E-state index is 12.6. The highest BCUT2D eigenvalue weighted by molar-refractivity contribution is 7.18. The number of aromatic nitrogens is 1. The lowest BCUT2D eigenvalue weighted by atomic mass is 10.3. The van der Waals surface area contributed by atoms with Gasteiger partial charge < -0.3 is 4.90 Å². The zero-order valence-corrected chi connectivity index (χ0v) is 16.2. The third kappa shape index (κ3) is 3.42. The predicted octanol–water partition coefficient (Wildman–Crippen LogP) is 2.02. The second-order valence-corrected chi connectivity index (χ2v) is 7.39. The molecule has 8 nitrogen and oxygen atoms in total. The van der Waals surface area contributed by atoms with E-state index in [1.54, 1.807) is 14.0 Å². The molecule has 142 valence electrons. The molecule has 0 bridgehead atoms. The molecule has 0 radical (unpaired) electrons. The van der Waals surface area contributed by atoms with Gasteiger partial charge in [0.15, 0.2) is 0 Å². The first-order valence-electron chi connectivity index (χ1n) is 8.63. The molecule has 0 saturated carbocycles. The summed E-state index contributed by atoms with van der Waals surface area (Å²) in [6.45, 7) is 3.32. The number of likely N-dealkylation sites (N-methyl/N-ethyl adjacent to an activating group) is 1. The first-order valence-corrected chi connectivity index (χ1v) is 9.45. The third-order valence-corrected chi connectivity index (χ3v) is 5.72. The lowest BCUT2D eigenvalue weighted by molar-refractivity contribution is -0.145. The fourth-order valence-electron chi connectivity index (χ4n) is 2.81. The van der Waals surface area contributed by atoms with E-state index in [2.05, 4.69) is 4.98 Å². The van der Waals surface area contributed by atoms with Gasteiger partial charge in [0, 0.05) is 13.6 Å². The Morgan fingerprint density at radius 1 is 1.19 bits per heavy atom. The van der Waals surface area contributed by atoms with Crippen LogP contribution >= 0.6 is 11.3 Å². The van der Waals surface area contributed by atoms with E-state index in [4.69, 9.17) is 0 Å². The van der Waals surface area contributed by atoms with Crippen LogP contribution in [0.5, 0.6) is 0 Å². The molecule has 0 spiro atoms. The average molecular weight is 388 g/mol. The molecule has 5 amide bonds. The van der Waals surface area contributed by atoms with Crippen molar-refractivity contribution in [3.8, 4) is 0 Å². The number of benzene rings is 1. The molecule has 0 aliphatic carbocycles. The van der Waals surface area contributed by atoms with Crippen LogP contribution in [0.2, 0.25) is 0 Å². The molecule has 1 aliphatic rings. The summed E-state index contributed by atoms with van der Waals surface area (Å²) in [5.41, 5.74) is 0.857. The van der Waals surface area contributed by atoms with Crippen LogP contribution in [0.4, 0.5) is 4.79 Å². The minimum atomic E-state index is -0.956. The summed E-state index contributed by atoms with van der Waals surface area (Å²) in [5, 5.41) is 0.759. The SMILES string of the molecule is CCCN1C(=O)C(=O)N(CC(=O)N(C)[C@H](C)c2nc3ccccc3s2)C1=O. The van der Waals surface area contributed by atoms with Crippen molar-refractivity contribution in [2.45, 2.75) is 26.3 Å². The molecule has 1 fully saturated rings. The van der Waals surface area contributed by atoms with Crippen LogP contribution in [0.3, 0.4) is 0 Å². The molecule has 1 aliphatic heterocycles. The van der Waals surface area contributed by atoms with Gasteiger partial charge in [0.1, 0.15) is 11.6 Å². The summed E-state index contributed by atoms with van der Waals surface area (Å²) in [5.74, 6) is -2.27. The molecule has 1 atom stereocenters. The average Bonchev–Trinajstić information content (AvgIpc) is 3.18. The largest absolute Gasteiger partial charge is 0.335 e. The van der Waals surface area contributed by atoms with Crippen molar-refractivity contribution in [1.82, 2.24) is 19.7 Å². The van der Waals surface area contributed by atoms with Crippen LogP contribution in [0.25, 0.3) is 10.2 Å². The molecule has 2 aromatic rings. The van der Waals surface area contributed by atoms with E-state index in [-0.39, 0.29) is 12.6 Å². The number of carbonyl (C=O) groups is 4. The Hall–Kier alpha value is -2.81. The Kier molecular flexibility index (Phi) is 5.22. The van der Waals surface area contributed by atoms with Gasteiger partial charge in [0.25, 0.3) is 0 Å². The highest BCUT2D eigenvalue weighted by atomic mass is 32.1. The van der Waals surface area contributed by atoms with Crippen LogP contribution in [-0.4, -0.2) is 63.6 Å². The Bertz CT molecular complexity index is 892. The van der Waals surface area contributed by atoms with Crippen molar-refractivity contribution < 1.29 is 19.2 Å². The second kappa shape index (κ2) is 7.43. The molecule has 1 aromatic carbocycles. The summed E-state index contributed by atoms with van der Waals surface area (Å²) < 4.78 is 1.02. The van der Waals surface area contributed by atoms with Crippen molar-refractivity contribution in [3.63, 3.8) is 0 Å². The fourth-order valence-corrected chi connectivity index (χ4v) is 3.87. The zero-order chi connectivity index (χ0) is 19.7. The minimum Gasteiger partial charge on any atom is -0.335 e. The van der Waals surface area contributed by atoms with Gasteiger partial charge >= 0.3 is 17.8 Å². The number of carbonyl (C=O) groups excluding carboxylic acids is 4. The van der Waals surface area contributed by atoms with Crippen LogP contribution in [0.15, 0.2) is 24.3 Å². The summed E-state index contributed by atoms with van der Waals surface area (Å²) in [4.78, 5) is 56.4. The smallest absolute Gasteiger partial charge is 0.334 e. The van der Waals surface area contributed by atoms with Gasteiger partial charge in [0.2, 0.25) is 5.91 Å². The molecule has 0 N–H and O–H groups in total.